The molecule has 2 atom stereocenters. The zero-order chi connectivity index (χ0) is 21.7. The molecule has 2 aromatic rings. The number of nitrogens with one attached hydrogen (secondary N) is 1. The van der Waals surface area contributed by atoms with E-state index in [1.165, 1.54) is 18.1 Å². The molecule has 158 valence electrons. The van der Waals surface area contributed by atoms with Crippen LogP contribution in [0.1, 0.15) is 33.0 Å². The Bertz CT molecular complexity index is 956. The van der Waals surface area contributed by atoms with Crippen molar-refractivity contribution in [1.82, 2.24) is 9.88 Å². The fourth-order valence-electron chi connectivity index (χ4n) is 3.09. The first-order chi connectivity index (χ1) is 14.4. The van der Waals surface area contributed by atoms with Gasteiger partial charge in [0.2, 0.25) is 0 Å². The Morgan fingerprint density at radius 2 is 1.97 bits per heavy atom. The Hall–Kier alpha value is -2.91. The lowest BCUT2D eigenvalue weighted by Gasteiger charge is -2.33. The van der Waals surface area contributed by atoms with Gasteiger partial charge in [-0.05, 0) is 27.6 Å². The molecule has 0 saturated heterocycles. The average molecular weight is 477 g/mol. The normalized spacial score (nSPS) is 18.2. The van der Waals surface area contributed by atoms with Crippen molar-refractivity contribution in [1.29, 1.82) is 0 Å². The minimum absolute atomic E-state index is 0.0153. The number of amides is 1. The number of aliphatic hydroxyl groups is 1. The molecule has 1 aliphatic rings. The number of hydrogen-bond acceptors (Lipinski definition) is 6. The Balaban J connectivity index is 1.70. The molecular formula is C21H21BrN2O6. The molecule has 1 aromatic carbocycles. The van der Waals surface area contributed by atoms with Gasteiger partial charge >= 0.3 is 12.1 Å². The second kappa shape index (κ2) is 9.73. The molecule has 30 heavy (non-hydrogen) atoms. The van der Waals surface area contributed by atoms with Gasteiger partial charge in [0, 0.05) is 10.9 Å². The summed E-state index contributed by atoms with van der Waals surface area (Å²) in [7, 11) is 1.25. The van der Waals surface area contributed by atoms with Crippen molar-refractivity contribution in [2.24, 2.45) is 0 Å². The van der Waals surface area contributed by atoms with Gasteiger partial charge in [0.15, 0.2) is 5.78 Å². The molecule has 1 aromatic heterocycles. The first kappa shape index (κ1) is 21.8. The zero-order valence-corrected chi connectivity index (χ0v) is 17.8. The van der Waals surface area contributed by atoms with Gasteiger partial charge in [0.25, 0.3) is 0 Å². The summed E-state index contributed by atoms with van der Waals surface area (Å²) in [6.07, 6.45) is 1.63. The Morgan fingerprint density at radius 1 is 1.23 bits per heavy atom. The highest BCUT2D eigenvalue weighted by Gasteiger charge is 2.31. The second-order valence-electron chi connectivity index (χ2n) is 6.74. The van der Waals surface area contributed by atoms with E-state index >= 15 is 0 Å². The molecule has 0 aliphatic carbocycles. The van der Waals surface area contributed by atoms with Crippen molar-refractivity contribution in [3.05, 3.63) is 70.0 Å². The van der Waals surface area contributed by atoms with Crippen molar-refractivity contribution in [3.63, 3.8) is 0 Å². The molecule has 1 aliphatic heterocycles. The summed E-state index contributed by atoms with van der Waals surface area (Å²) in [5.74, 6) is -0.912. The molecule has 9 heteroatoms. The van der Waals surface area contributed by atoms with Crippen LogP contribution < -0.4 is 0 Å². The molecule has 0 unspecified atom stereocenters. The lowest BCUT2D eigenvalue weighted by molar-refractivity contribution is 0.0593. The number of ketones is 1. The van der Waals surface area contributed by atoms with Crippen molar-refractivity contribution in [3.8, 4) is 0 Å². The van der Waals surface area contributed by atoms with Gasteiger partial charge in [0.1, 0.15) is 12.3 Å². The minimum Gasteiger partial charge on any atom is -0.464 e. The number of carbonyl (C=O) groups excluding carboxylic acids is 3. The predicted octanol–water partition coefficient (Wildman–Crippen LogP) is 3.07. The Labute approximate surface area is 181 Å². The summed E-state index contributed by atoms with van der Waals surface area (Å²) < 4.78 is 10.4. The molecule has 8 nitrogen and oxygen atoms in total. The number of esters is 1. The average Bonchev–Trinajstić information content (AvgIpc) is 3.15. The predicted molar refractivity (Wildman–Crippen MR) is 111 cm³/mol. The van der Waals surface area contributed by atoms with Crippen LogP contribution in [0.25, 0.3) is 0 Å². The summed E-state index contributed by atoms with van der Waals surface area (Å²) in [6, 6.07) is 10.1. The number of nitrogens with zero attached hydrogens (tertiary/aromatic N) is 1. The van der Waals surface area contributed by atoms with E-state index in [-0.39, 0.29) is 36.7 Å². The van der Waals surface area contributed by atoms with Crippen LogP contribution in [0.2, 0.25) is 0 Å². The van der Waals surface area contributed by atoms with E-state index in [4.69, 9.17) is 4.74 Å². The van der Waals surface area contributed by atoms with Crippen molar-refractivity contribution >= 4 is 33.8 Å². The molecular weight excluding hydrogens is 456 g/mol. The number of hydrogen-bond donors (Lipinski definition) is 2. The van der Waals surface area contributed by atoms with Crippen LogP contribution in [0.3, 0.4) is 0 Å². The number of ether oxygens (including phenoxy) is 2. The number of halogens is 1. The number of aromatic nitrogens is 1. The van der Waals surface area contributed by atoms with Crippen LogP contribution in [0.4, 0.5) is 4.79 Å². The van der Waals surface area contributed by atoms with Gasteiger partial charge in [-0.2, -0.15) is 0 Å². The second-order valence-corrected chi connectivity index (χ2v) is 7.59. The van der Waals surface area contributed by atoms with Gasteiger partial charge in [0.05, 0.1) is 31.5 Å². The number of aliphatic hydroxyl groups excluding tert-OH is 1. The van der Waals surface area contributed by atoms with E-state index < -0.39 is 24.2 Å². The Morgan fingerprint density at radius 3 is 2.67 bits per heavy atom. The highest BCUT2D eigenvalue weighted by molar-refractivity contribution is 9.10. The summed E-state index contributed by atoms with van der Waals surface area (Å²) in [6.45, 7) is 0.0999. The van der Waals surface area contributed by atoms with Gasteiger partial charge in [-0.25, -0.2) is 9.59 Å². The first-order valence-electron chi connectivity index (χ1n) is 9.22. The third kappa shape index (κ3) is 5.17. The van der Waals surface area contributed by atoms with Crippen LogP contribution in [0.15, 0.2) is 53.0 Å². The molecule has 0 spiro atoms. The highest BCUT2D eigenvalue weighted by atomic mass is 79.9. The molecule has 1 amide bonds. The smallest absolute Gasteiger partial charge is 0.410 e. The van der Waals surface area contributed by atoms with E-state index in [0.29, 0.717) is 4.47 Å². The summed E-state index contributed by atoms with van der Waals surface area (Å²) in [5.41, 5.74) is 1.17. The van der Waals surface area contributed by atoms with Crippen LogP contribution >= 0.6 is 15.9 Å². The van der Waals surface area contributed by atoms with E-state index in [9.17, 15) is 19.5 Å². The molecule has 2 heterocycles. The van der Waals surface area contributed by atoms with Gasteiger partial charge in [-0.3, -0.25) is 9.69 Å². The van der Waals surface area contributed by atoms with Gasteiger partial charge in [-0.15, -0.1) is 0 Å². The number of benzene rings is 1. The molecule has 0 radical (unpaired) electrons. The first-order valence-corrected chi connectivity index (χ1v) is 10.0. The largest absolute Gasteiger partial charge is 0.464 e. The third-order valence-corrected chi connectivity index (χ3v) is 5.25. The third-order valence-electron chi connectivity index (χ3n) is 4.63. The number of β-amino-alcohol motifs (C(OH)–C–C–N with tert-alkyl or cyclic N) is 1. The summed E-state index contributed by atoms with van der Waals surface area (Å²) in [4.78, 5) is 41.1. The molecule has 3 rings (SSSR count). The maximum Gasteiger partial charge on any atom is 0.410 e. The summed E-state index contributed by atoms with van der Waals surface area (Å²) in [5, 5.41) is 9.93. The monoisotopic (exact) mass is 476 g/mol. The molecule has 0 bridgehead atoms. The quantitative estimate of drug-likeness (QED) is 0.376. The lowest BCUT2D eigenvalue weighted by Crippen LogP contribution is -2.47. The lowest BCUT2D eigenvalue weighted by atomic mass is 10.0. The van der Waals surface area contributed by atoms with Crippen molar-refractivity contribution in [2.45, 2.75) is 25.2 Å². The fourth-order valence-corrected chi connectivity index (χ4v) is 3.64. The van der Waals surface area contributed by atoms with Crippen LogP contribution in [0.5, 0.6) is 0 Å². The number of aromatic amines is 1. The number of rotatable bonds is 6. The van der Waals surface area contributed by atoms with Gasteiger partial charge in [-0.1, -0.05) is 42.5 Å². The minimum atomic E-state index is -0.844. The van der Waals surface area contributed by atoms with Crippen molar-refractivity contribution < 1.29 is 29.0 Å². The van der Waals surface area contributed by atoms with Crippen LogP contribution in [-0.2, 0) is 16.1 Å². The standard InChI is InChI=1S/C21H21BrN2O6/c1-29-20(27)17-10-16(22)19(23-17)18(26)9-14-7-8-15(25)11-24(14)21(28)30-12-13-5-3-2-4-6-13/h2-8,10,14-15,23,25H,9,11-12H2,1H3/t14-,15+/m1/s1. The maximum atomic E-state index is 12.8. The van der Waals surface area contributed by atoms with Gasteiger partial charge < -0.3 is 19.6 Å². The topological polar surface area (TPSA) is 109 Å². The molecule has 0 saturated carbocycles. The summed E-state index contributed by atoms with van der Waals surface area (Å²) >= 11 is 3.26. The SMILES string of the molecule is COC(=O)c1cc(Br)c(C(=O)C[C@H]2C=C[C@H](O)CN2C(=O)OCc2ccccc2)[nH]1. The number of carbonyl (C=O) groups is 3. The number of methoxy groups -OCH3 is 1. The number of H-pyrrole nitrogens is 1. The molecule has 0 fully saturated rings. The van der Waals surface area contributed by atoms with Crippen LogP contribution in [0, 0.1) is 0 Å². The van der Waals surface area contributed by atoms with E-state index in [1.54, 1.807) is 12.2 Å². The van der Waals surface area contributed by atoms with Crippen LogP contribution in [-0.4, -0.2) is 58.6 Å². The molecule has 2 N–H and O–H groups in total. The van der Waals surface area contributed by atoms with E-state index in [0.717, 1.165) is 5.56 Å². The highest BCUT2D eigenvalue weighted by Crippen LogP contribution is 2.23. The van der Waals surface area contributed by atoms with E-state index in [2.05, 4.69) is 25.7 Å². The maximum absolute atomic E-state index is 12.8. The Kier molecular flexibility index (Phi) is 7.07. The van der Waals surface area contributed by atoms with E-state index in [1.807, 2.05) is 30.3 Å². The fraction of sp³-hybridized carbons (Fsp3) is 0.286. The zero-order valence-electron chi connectivity index (χ0n) is 16.2. The van der Waals surface area contributed by atoms with Crippen molar-refractivity contribution in [2.75, 3.05) is 13.7 Å². The number of Topliss-reactive ketones (excluding diaryl/α,β-unsaturated/α-hetero) is 1.